The van der Waals surface area contributed by atoms with Crippen molar-refractivity contribution in [1.82, 2.24) is 0 Å². The molecule has 0 rings (SSSR count). The summed E-state index contributed by atoms with van der Waals surface area (Å²) in [6, 6.07) is 0. The van der Waals surface area contributed by atoms with Gasteiger partial charge in [-0.05, 0) is 32.1 Å². The van der Waals surface area contributed by atoms with Crippen molar-refractivity contribution >= 4 is 20.8 Å². The Balaban J connectivity index is -0.000000997. The van der Waals surface area contributed by atoms with Crippen LogP contribution in [-0.2, 0) is 25.0 Å². The third-order valence-corrected chi connectivity index (χ3v) is 4.34. The normalized spacial score (nSPS) is 11.7. The predicted molar refractivity (Wildman–Crippen MR) is 109 cm³/mol. The minimum Gasteiger partial charge on any atom is -0.726 e. The Morgan fingerprint density at radius 1 is 0.724 bits per heavy atom. The summed E-state index contributed by atoms with van der Waals surface area (Å²) in [4.78, 5) is 0. The van der Waals surface area contributed by atoms with Crippen LogP contribution in [0.3, 0.4) is 0 Å². The molecular weight excluding hydrogens is 431 g/mol. The zero-order chi connectivity index (χ0) is 21.7. The Hall–Kier alpha value is 0.480. The summed E-state index contributed by atoms with van der Waals surface area (Å²) >= 11 is 0. The molecule has 0 atom stereocenters. The van der Waals surface area contributed by atoms with E-state index in [1.54, 1.807) is 0 Å². The van der Waals surface area contributed by atoms with Crippen molar-refractivity contribution in [1.29, 1.82) is 0 Å². The van der Waals surface area contributed by atoms with Crippen molar-refractivity contribution in [2.75, 3.05) is 6.61 Å². The maximum Gasteiger partial charge on any atom is 1.00 e. The van der Waals surface area contributed by atoms with Gasteiger partial charge in [-0.1, -0.05) is 76.9 Å². The van der Waals surface area contributed by atoms with Gasteiger partial charge in [0.1, 0.15) is 0 Å². The molecule has 0 fully saturated rings. The fourth-order valence-electron chi connectivity index (χ4n) is 2.51. The standard InChI is InChI=1S/C18H36O4S.Na.H2O4S/c1-2-3-4-5-6-7-8-9-10-11-12-13-14-15-16-17-18-22-23(19,20)21;;1-5(2,3)4/h9-10H,2-8,11-18H2,1H3,(H,19,20,21);;(H2,1,2,3,4)/q;+1;/p-1/b10-9-;;. The molecule has 11 heteroatoms. The Labute approximate surface area is 199 Å². The second-order valence-electron chi connectivity index (χ2n) is 6.62. The second kappa shape index (κ2) is 23.1. The molecule has 0 aromatic carbocycles. The molecule has 0 aliphatic heterocycles. The van der Waals surface area contributed by atoms with E-state index in [0.29, 0.717) is 6.42 Å². The average Bonchev–Trinajstić information content (AvgIpc) is 2.55. The first-order valence-corrected chi connectivity index (χ1v) is 12.7. The van der Waals surface area contributed by atoms with Gasteiger partial charge in [-0.2, -0.15) is 8.42 Å². The molecule has 2 N–H and O–H groups in total. The second-order valence-corrected chi connectivity index (χ2v) is 8.56. The molecule has 0 spiro atoms. The molecular formula is C18H37NaO8S2. The van der Waals surface area contributed by atoms with Crippen molar-refractivity contribution < 1.29 is 64.2 Å². The molecule has 0 saturated carbocycles. The molecule has 0 saturated heterocycles. The fraction of sp³-hybridized carbons (Fsp3) is 0.889. The van der Waals surface area contributed by atoms with Crippen molar-refractivity contribution in [3.63, 3.8) is 0 Å². The van der Waals surface area contributed by atoms with E-state index in [9.17, 15) is 13.0 Å². The monoisotopic (exact) mass is 468 g/mol. The molecule has 8 nitrogen and oxygen atoms in total. The van der Waals surface area contributed by atoms with E-state index in [2.05, 4.69) is 23.3 Å². The summed E-state index contributed by atoms with van der Waals surface area (Å²) in [5.74, 6) is 0. The summed E-state index contributed by atoms with van der Waals surface area (Å²) in [5.41, 5.74) is 0. The molecule has 0 aliphatic rings. The maximum absolute atomic E-state index is 10.2. The third kappa shape index (κ3) is 47.6. The molecule has 0 bridgehead atoms. The fourth-order valence-corrected chi connectivity index (χ4v) is 2.83. The maximum atomic E-state index is 10.2. The Morgan fingerprint density at radius 3 is 1.45 bits per heavy atom. The topological polar surface area (TPSA) is 141 Å². The van der Waals surface area contributed by atoms with Crippen molar-refractivity contribution in [3.05, 3.63) is 12.2 Å². The van der Waals surface area contributed by atoms with Crippen LogP contribution in [0.15, 0.2) is 12.2 Å². The first kappa shape index (κ1) is 34.1. The Morgan fingerprint density at radius 2 is 1.07 bits per heavy atom. The summed E-state index contributed by atoms with van der Waals surface area (Å²) in [7, 11) is -9.17. The van der Waals surface area contributed by atoms with Crippen LogP contribution >= 0.6 is 0 Å². The van der Waals surface area contributed by atoms with Gasteiger partial charge >= 0.3 is 40.0 Å². The van der Waals surface area contributed by atoms with Crippen LogP contribution < -0.4 is 29.6 Å². The van der Waals surface area contributed by atoms with Gasteiger partial charge in [-0.15, -0.1) is 0 Å². The Bertz CT molecular complexity index is 554. The predicted octanol–water partition coefficient (Wildman–Crippen LogP) is 1.85. The quantitative estimate of drug-likeness (QED) is 0.108. The SMILES string of the molecule is CCCCCCCC/C=C\CCCCCCCCOS(=O)(=O)[O-].O=S(=O)(O)O.[Na+]. The van der Waals surface area contributed by atoms with Crippen molar-refractivity contribution in [2.45, 2.75) is 96.8 Å². The first-order chi connectivity index (χ1) is 13.1. The smallest absolute Gasteiger partial charge is 0.726 e. The van der Waals surface area contributed by atoms with E-state index < -0.39 is 20.8 Å². The van der Waals surface area contributed by atoms with Gasteiger partial charge in [-0.3, -0.25) is 13.3 Å². The number of unbranched alkanes of at least 4 members (excludes halogenated alkanes) is 12. The van der Waals surface area contributed by atoms with Crippen LogP contribution in [0.2, 0.25) is 0 Å². The van der Waals surface area contributed by atoms with Gasteiger partial charge in [0.25, 0.3) is 0 Å². The first-order valence-electron chi connectivity index (χ1n) is 10.0. The van der Waals surface area contributed by atoms with Crippen LogP contribution in [0.1, 0.15) is 96.8 Å². The molecule has 0 unspecified atom stereocenters. The van der Waals surface area contributed by atoms with Crippen LogP contribution in [0.5, 0.6) is 0 Å². The molecule has 170 valence electrons. The zero-order valence-electron chi connectivity index (χ0n) is 17.9. The summed E-state index contributed by atoms with van der Waals surface area (Å²) in [6.07, 6.45) is 21.4. The van der Waals surface area contributed by atoms with Gasteiger partial charge in [0, 0.05) is 0 Å². The zero-order valence-corrected chi connectivity index (χ0v) is 21.6. The Kier molecular flexibility index (Phi) is 27.2. The summed E-state index contributed by atoms with van der Waals surface area (Å²) in [5, 5.41) is 0. The molecule has 0 aliphatic carbocycles. The van der Waals surface area contributed by atoms with Gasteiger partial charge in [-0.25, -0.2) is 8.42 Å². The molecule has 0 heterocycles. The van der Waals surface area contributed by atoms with Crippen LogP contribution in [-0.4, -0.2) is 37.1 Å². The number of allylic oxidation sites excluding steroid dienone is 2. The number of rotatable bonds is 17. The molecule has 0 aromatic rings. The minimum absolute atomic E-state index is 0. The van der Waals surface area contributed by atoms with E-state index in [1.807, 2.05) is 0 Å². The van der Waals surface area contributed by atoms with Gasteiger partial charge in [0.15, 0.2) is 0 Å². The van der Waals surface area contributed by atoms with Gasteiger partial charge in [0.05, 0.1) is 6.61 Å². The van der Waals surface area contributed by atoms with E-state index in [4.69, 9.17) is 17.5 Å². The van der Waals surface area contributed by atoms with E-state index in [1.165, 1.54) is 57.8 Å². The molecule has 0 aromatic heterocycles. The third-order valence-electron chi connectivity index (χ3n) is 3.88. The van der Waals surface area contributed by atoms with Gasteiger partial charge < -0.3 is 4.55 Å². The molecule has 29 heavy (non-hydrogen) atoms. The molecule has 0 radical (unpaired) electrons. The minimum atomic E-state index is -4.67. The average molecular weight is 469 g/mol. The largest absolute Gasteiger partial charge is 1.00 e. The van der Waals surface area contributed by atoms with Crippen molar-refractivity contribution in [3.8, 4) is 0 Å². The summed E-state index contributed by atoms with van der Waals surface area (Å²) < 4.78 is 66.4. The number of hydrogen-bond donors (Lipinski definition) is 2. The van der Waals surface area contributed by atoms with Crippen LogP contribution in [0.4, 0.5) is 0 Å². The van der Waals surface area contributed by atoms with Crippen molar-refractivity contribution in [2.24, 2.45) is 0 Å². The van der Waals surface area contributed by atoms with Crippen LogP contribution in [0, 0.1) is 0 Å². The van der Waals surface area contributed by atoms with E-state index in [-0.39, 0.29) is 36.2 Å². The summed E-state index contributed by atoms with van der Waals surface area (Å²) in [6.45, 7) is 2.27. The molecule has 0 amide bonds. The van der Waals surface area contributed by atoms with E-state index in [0.717, 1.165) is 25.7 Å². The van der Waals surface area contributed by atoms with Gasteiger partial charge in [0.2, 0.25) is 10.4 Å². The van der Waals surface area contributed by atoms with E-state index >= 15 is 0 Å². The van der Waals surface area contributed by atoms with Crippen LogP contribution in [0.25, 0.3) is 0 Å². The number of hydrogen-bond acceptors (Lipinski definition) is 6.